The van der Waals surface area contributed by atoms with Crippen LogP contribution in [0.5, 0.6) is 0 Å². The lowest BCUT2D eigenvalue weighted by Crippen LogP contribution is -2.31. The zero-order chi connectivity index (χ0) is 17.8. The first-order valence-electron chi connectivity index (χ1n) is 7.99. The zero-order valence-electron chi connectivity index (χ0n) is 14.2. The van der Waals surface area contributed by atoms with Gasteiger partial charge in [0.05, 0.1) is 21.8 Å². The monoisotopic (exact) mass is 354 g/mol. The van der Waals surface area contributed by atoms with Gasteiger partial charge in [-0.1, -0.05) is 23.7 Å². The number of rotatable bonds is 5. The number of benzene rings is 1. The third-order valence-electron chi connectivity index (χ3n) is 3.84. The highest BCUT2D eigenvalue weighted by Gasteiger charge is 2.15. The van der Waals surface area contributed by atoms with Crippen molar-refractivity contribution >= 4 is 28.4 Å². The number of hydrogen-bond donors (Lipinski definition) is 1. The summed E-state index contributed by atoms with van der Waals surface area (Å²) < 4.78 is 0. The number of carbonyl (C=O) groups is 1. The minimum Gasteiger partial charge on any atom is -0.351 e. The van der Waals surface area contributed by atoms with Gasteiger partial charge in [0.2, 0.25) is 0 Å². The fraction of sp³-hybridized carbons (Fsp3) is 0.211. The van der Waals surface area contributed by atoms with Crippen molar-refractivity contribution in [1.29, 1.82) is 0 Å². The molecule has 1 aromatic carbocycles. The number of pyridine rings is 2. The van der Waals surface area contributed by atoms with Gasteiger partial charge in [-0.3, -0.25) is 9.78 Å². The predicted molar refractivity (Wildman–Crippen MR) is 101 cm³/mol. The van der Waals surface area contributed by atoms with E-state index in [1.165, 1.54) is 0 Å². The molecule has 0 aliphatic rings. The van der Waals surface area contributed by atoms with Gasteiger partial charge in [-0.25, -0.2) is 4.98 Å². The minimum atomic E-state index is -0.137. The summed E-state index contributed by atoms with van der Waals surface area (Å²) in [5, 5.41) is 4.21. The number of carbonyl (C=O) groups excluding carboxylic acids is 1. The van der Waals surface area contributed by atoms with Gasteiger partial charge in [0.1, 0.15) is 0 Å². The Morgan fingerprint density at radius 2 is 2.08 bits per heavy atom. The maximum absolute atomic E-state index is 12.7. The highest BCUT2D eigenvalue weighted by Crippen LogP contribution is 2.28. The molecule has 0 radical (unpaired) electrons. The van der Waals surface area contributed by atoms with Gasteiger partial charge >= 0.3 is 0 Å². The summed E-state index contributed by atoms with van der Waals surface area (Å²) in [6.07, 6.45) is 3.42. The number of likely N-dealkylation sites (N-methyl/N-ethyl adjacent to an activating group) is 1. The number of hydrogen-bond acceptors (Lipinski definition) is 4. The lowest BCUT2D eigenvalue weighted by atomic mass is 10.0. The SMILES string of the molecule is CN(C)CCNC(=O)c1cc(-c2cccnc2)nc2c(Cl)cccc12. The molecule has 0 aliphatic carbocycles. The van der Waals surface area contributed by atoms with Crippen molar-refractivity contribution in [2.75, 3.05) is 27.2 Å². The van der Waals surface area contributed by atoms with Crippen LogP contribution in [0.1, 0.15) is 10.4 Å². The first-order valence-corrected chi connectivity index (χ1v) is 8.36. The molecular weight excluding hydrogens is 336 g/mol. The molecule has 0 atom stereocenters. The Morgan fingerprint density at radius 3 is 2.80 bits per heavy atom. The molecule has 1 amide bonds. The van der Waals surface area contributed by atoms with E-state index in [4.69, 9.17) is 11.6 Å². The molecule has 0 bridgehead atoms. The Bertz CT molecular complexity index is 897. The smallest absolute Gasteiger partial charge is 0.252 e. The number of para-hydroxylation sites is 1. The second-order valence-electron chi connectivity index (χ2n) is 5.99. The van der Waals surface area contributed by atoms with Gasteiger partial charge in [0, 0.05) is 36.4 Å². The Balaban J connectivity index is 2.06. The molecule has 0 fully saturated rings. The van der Waals surface area contributed by atoms with Crippen LogP contribution in [0.15, 0.2) is 48.8 Å². The molecule has 2 heterocycles. The molecular formula is C19H19ClN4O. The molecule has 0 saturated carbocycles. The van der Waals surface area contributed by atoms with Crippen LogP contribution < -0.4 is 5.32 Å². The van der Waals surface area contributed by atoms with Crippen molar-refractivity contribution in [3.8, 4) is 11.3 Å². The first kappa shape index (κ1) is 17.3. The molecule has 2 aromatic heterocycles. The fourth-order valence-electron chi connectivity index (χ4n) is 2.55. The van der Waals surface area contributed by atoms with Crippen molar-refractivity contribution < 1.29 is 4.79 Å². The van der Waals surface area contributed by atoms with Crippen molar-refractivity contribution in [3.05, 3.63) is 59.4 Å². The molecule has 0 spiro atoms. The fourth-order valence-corrected chi connectivity index (χ4v) is 2.77. The normalized spacial score (nSPS) is 11.0. The molecule has 0 saturated heterocycles. The summed E-state index contributed by atoms with van der Waals surface area (Å²) in [7, 11) is 3.93. The average molecular weight is 355 g/mol. The molecule has 5 nitrogen and oxygen atoms in total. The topological polar surface area (TPSA) is 58.1 Å². The number of nitrogens with one attached hydrogen (secondary N) is 1. The molecule has 0 aliphatic heterocycles. The van der Waals surface area contributed by atoms with Gasteiger partial charge in [0.15, 0.2) is 0 Å². The quantitative estimate of drug-likeness (QED) is 0.764. The minimum absolute atomic E-state index is 0.137. The molecule has 1 N–H and O–H groups in total. The number of fused-ring (bicyclic) bond motifs is 1. The summed E-state index contributed by atoms with van der Waals surface area (Å²) in [4.78, 5) is 23.5. The van der Waals surface area contributed by atoms with Gasteiger partial charge in [-0.2, -0.15) is 0 Å². The van der Waals surface area contributed by atoms with Gasteiger partial charge in [0.25, 0.3) is 5.91 Å². The van der Waals surface area contributed by atoms with Crippen molar-refractivity contribution in [1.82, 2.24) is 20.2 Å². The van der Waals surface area contributed by atoms with E-state index in [2.05, 4.69) is 15.3 Å². The third kappa shape index (κ3) is 3.95. The highest BCUT2D eigenvalue weighted by molar-refractivity contribution is 6.35. The van der Waals surface area contributed by atoms with Gasteiger partial charge in [-0.15, -0.1) is 0 Å². The van der Waals surface area contributed by atoms with E-state index in [-0.39, 0.29) is 5.91 Å². The maximum Gasteiger partial charge on any atom is 0.252 e. The van der Waals surface area contributed by atoms with E-state index in [1.54, 1.807) is 24.5 Å². The molecule has 3 rings (SSSR count). The second-order valence-corrected chi connectivity index (χ2v) is 6.40. The van der Waals surface area contributed by atoms with Crippen LogP contribution in [0.25, 0.3) is 22.2 Å². The standard InChI is InChI=1S/C19H19ClN4O/c1-24(2)10-9-22-19(25)15-11-17(13-5-4-8-21-12-13)23-18-14(15)6-3-7-16(18)20/h3-8,11-12H,9-10H2,1-2H3,(H,22,25). The molecule has 6 heteroatoms. The Labute approximate surface area is 151 Å². The summed E-state index contributed by atoms with van der Waals surface area (Å²) in [6.45, 7) is 1.34. The molecule has 128 valence electrons. The highest BCUT2D eigenvalue weighted by atomic mass is 35.5. The van der Waals surface area contributed by atoms with Crippen molar-refractivity contribution in [3.63, 3.8) is 0 Å². The number of aromatic nitrogens is 2. The number of nitrogens with zero attached hydrogens (tertiary/aromatic N) is 3. The van der Waals surface area contributed by atoms with Crippen molar-refractivity contribution in [2.24, 2.45) is 0 Å². The van der Waals surface area contributed by atoms with E-state index >= 15 is 0 Å². The Morgan fingerprint density at radius 1 is 1.24 bits per heavy atom. The van der Waals surface area contributed by atoms with Gasteiger partial charge < -0.3 is 10.2 Å². The third-order valence-corrected chi connectivity index (χ3v) is 4.14. The second kappa shape index (κ2) is 7.59. The van der Waals surface area contributed by atoms with E-state index in [9.17, 15) is 4.79 Å². The van der Waals surface area contributed by atoms with Crippen LogP contribution in [0, 0.1) is 0 Å². The average Bonchev–Trinajstić information content (AvgIpc) is 2.61. The van der Waals surface area contributed by atoms with E-state index in [0.29, 0.717) is 28.3 Å². The van der Waals surface area contributed by atoms with Crippen LogP contribution in [0.2, 0.25) is 5.02 Å². The first-order chi connectivity index (χ1) is 12.1. The Kier molecular flexibility index (Phi) is 5.26. The predicted octanol–water partition coefficient (Wildman–Crippen LogP) is 3.24. The Hall–Kier alpha value is -2.50. The maximum atomic E-state index is 12.7. The van der Waals surface area contributed by atoms with Crippen LogP contribution in [-0.4, -0.2) is 48.0 Å². The van der Waals surface area contributed by atoms with E-state index in [1.807, 2.05) is 43.3 Å². The number of amides is 1. The molecule has 0 unspecified atom stereocenters. The zero-order valence-corrected chi connectivity index (χ0v) is 14.9. The van der Waals surface area contributed by atoms with Gasteiger partial charge in [-0.05, 0) is 38.4 Å². The van der Waals surface area contributed by atoms with E-state index in [0.717, 1.165) is 17.5 Å². The van der Waals surface area contributed by atoms with Crippen LogP contribution in [0.4, 0.5) is 0 Å². The molecule has 3 aromatic rings. The largest absolute Gasteiger partial charge is 0.351 e. The lowest BCUT2D eigenvalue weighted by Gasteiger charge is -2.13. The van der Waals surface area contributed by atoms with E-state index < -0.39 is 0 Å². The lowest BCUT2D eigenvalue weighted by molar-refractivity contribution is 0.0952. The summed E-state index contributed by atoms with van der Waals surface area (Å²) in [5.41, 5.74) is 2.69. The van der Waals surface area contributed by atoms with Crippen molar-refractivity contribution in [2.45, 2.75) is 0 Å². The van der Waals surface area contributed by atoms with Crippen LogP contribution in [-0.2, 0) is 0 Å². The van der Waals surface area contributed by atoms with Crippen LogP contribution in [0.3, 0.4) is 0 Å². The molecule has 25 heavy (non-hydrogen) atoms. The summed E-state index contributed by atoms with van der Waals surface area (Å²) in [5.74, 6) is -0.137. The number of halogens is 1. The summed E-state index contributed by atoms with van der Waals surface area (Å²) >= 11 is 6.32. The summed E-state index contributed by atoms with van der Waals surface area (Å²) in [6, 6.07) is 11.0. The van der Waals surface area contributed by atoms with Crippen LogP contribution >= 0.6 is 11.6 Å².